The van der Waals surface area contributed by atoms with Gasteiger partial charge in [-0.2, -0.15) is 0 Å². The van der Waals surface area contributed by atoms with Crippen LogP contribution in [-0.4, -0.2) is 10.7 Å². The number of hydrogen-bond acceptors (Lipinski definition) is 2. The second kappa shape index (κ2) is 10.9. The van der Waals surface area contributed by atoms with Gasteiger partial charge < -0.3 is 9.84 Å². The van der Waals surface area contributed by atoms with Crippen molar-refractivity contribution in [3.05, 3.63) is 57.7 Å². The van der Waals surface area contributed by atoms with E-state index in [4.69, 9.17) is 4.74 Å². The van der Waals surface area contributed by atoms with Gasteiger partial charge in [-0.3, -0.25) is 0 Å². The van der Waals surface area contributed by atoms with Crippen LogP contribution in [0.15, 0.2) is 41.0 Å². The largest absolute Gasteiger partial charge is 0.507 e. The standard InChI is InChI=1S/C28H42O2/c1-20(2)11-8-12-21(3)13-9-14-22(4)15-10-17-28(7)18-16-25-24(6)27(29)23(5)19-26(25)30-28/h11,13,15,19,29H,8-10,12,14,16-18H2,1-7H3/b21-13+,22-15+/t28-/m1/s1. The molecule has 1 aromatic rings. The Labute approximate surface area is 184 Å². The zero-order chi connectivity index (χ0) is 22.3. The van der Waals surface area contributed by atoms with Crippen molar-refractivity contribution in [3.8, 4) is 11.5 Å². The summed E-state index contributed by atoms with van der Waals surface area (Å²) in [6.07, 6.45) is 15.8. The smallest absolute Gasteiger partial charge is 0.124 e. The number of aryl methyl sites for hydroxylation is 1. The fourth-order valence-electron chi connectivity index (χ4n) is 4.22. The number of ether oxygens (including phenoxy) is 1. The van der Waals surface area contributed by atoms with E-state index in [0.29, 0.717) is 5.75 Å². The van der Waals surface area contributed by atoms with Crippen LogP contribution in [0, 0.1) is 13.8 Å². The molecule has 0 aromatic heterocycles. The van der Waals surface area contributed by atoms with Crippen molar-refractivity contribution in [1.29, 1.82) is 0 Å². The minimum atomic E-state index is -0.124. The molecule has 166 valence electrons. The van der Waals surface area contributed by atoms with E-state index in [1.165, 1.54) is 28.7 Å². The maximum atomic E-state index is 10.2. The molecule has 30 heavy (non-hydrogen) atoms. The Morgan fingerprint density at radius 2 is 1.60 bits per heavy atom. The molecule has 1 aliphatic rings. The molecule has 1 aliphatic heterocycles. The summed E-state index contributed by atoms with van der Waals surface area (Å²) in [5, 5.41) is 10.2. The summed E-state index contributed by atoms with van der Waals surface area (Å²) in [5.41, 5.74) is 7.31. The van der Waals surface area contributed by atoms with E-state index in [1.54, 1.807) is 0 Å². The summed E-state index contributed by atoms with van der Waals surface area (Å²) >= 11 is 0. The minimum absolute atomic E-state index is 0.124. The Kier molecular flexibility index (Phi) is 8.82. The molecule has 0 radical (unpaired) electrons. The first-order valence-electron chi connectivity index (χ1n) is 11.6. The highest BCUT2D eigenvalue weighted by Crippen LogP contribution is 2.41. The molecule has 2 heteroatoms. The number of benzene rings is 1. The number of fused-ring (bicyclic) bond motifs is 1. The van der Waals surface area contributed by atoms with E-state index in [-0.39, 0.29) is 5.60 Å². The lowest BCUT2D eigenvalue weighted by molar-refractivity contribution is 0.0567. The van der Waals surface area contributed by atoms with E-state index >= 15 is 0 Å². The van der Waals surface area contributed by atoms with Crippen molar-refractivity contribution in [2.45, 2.75) is 105 Å². The molecule has 0 unspecified atom stereocenters. The number of hydrogen-bond donors (Lipinski definition) is 1. The van der Waals surface area contributed by atoms with Gasteiger partial charge in [0.25, 0.3) is 0 Å². The maximum absolute atomic E-state index is 10.2. The van der Waals surface area contributed by atoms with Crippen LogP contribution in [0.1, 0.15) is 96.3 Å². The molecular weight excluding hydrogens is 368 g/mol. The van der Waals surface area contributed by atoms with E-state index in [1.807, 2.05) is 19.9 Å². The van der Waals surface area contributed by atoms with Crippen LogP contribution < -0.4 is 4.74 Å². The highest BCUT2D eigenvalue weighted by atomic mass is 16.5. The molecule has 0 amide bonds. The second-order valence-electron chi connectivity index (χ2n) is 9.69. The molecule has 0 bridgehead atoms. The molecule has 1 aromatic carbocycles. The quantitative estimate of drug-likeness (QED) is 0.415. The summed E-state index contributed by atoms with van der Waals surface area (Å²) in [4.78, 5) is 0. The molecular formula is C28H42O2. The molecule has 2 rings (SSSR count). The van der Waals surface area contributed by atoms with Gasteiger partial charge in [0.2, 0.25) is 0 Å². The first-order chi connectivity index (χ1) is 14.1. The van der Waals surface area contributed by atoms with E-state index in [2.05, 4.69) is 52.8 Å². The number of rotatable bonds is 9. The SMILES string of the molecule is CC(C)=CCC/C(C)=C/CC/C(C)=C/CC[C@]1(C)CCc2c(cc(C)c(O)c2C)O1. The summed E-state index contributed by atoms with van der Waals surface area (Å²) in [6, 6.07) is 2.00. The summed E-state index contributed by atoms with van der Waals surface area (Å²) in [5.74, 6) is 1.38. The zero-order valence-corrected chi connectivity index (χ0v) is 20.3. The summed E-state index contributed by atoms with van der Waals surface area (Å²) in [6.45, 7) is 15.0. The van der Waals surface area contributed by atoms with Gasteiger partial charge in [0.05, 0.1) is 0 Å². The summed E-state index contributed by atoms with van der Waals surface area (Å²) in [7, 11) is 0. The molecule has 0 saturated heterocycles. The lowest BCUT2D eigenvalue weighted by atomic mass is 9.86. The average molecular weight is 411 g/mol. The predicted octanol–water partition coefficient (Wildman–Crippen LogP) is 8.29. The Balaban J connectivity index is 1.82. The van der Waals surface area contributed by atoms with Crippen LogP contribution in [-0.2, 0) is 6.42 Å². The molecule has 1 atom stereocenters. The monoisotopic (exact) mass is 410 g/mol. The Hall–Kier alpha value is -1.96. The van der Waals surface area contributed by atoms with E-state index in [0.717, 1.165) is 61.8 Å². The van der Waals surface area contributed by atoms with Gasteiger partial charge in [0, 0.05) is 5.56 Å². The van der Waals surface area contributed by atoms with Crippen LogP contribution in [0.4, 0.5) is 0 Å². The molecule has 0 aliphatic carbocycles. The third-order valence-electron chi connectivity index (χ3n) is 6.38. The predicted molar refractivity (Wildman–Crippen MR) is 130 cm³/mol. The van der Waals surface area contributed by atoms with Gasteiger partial charge in [0.1, 0.15) is 17.1 Å². The minimum Gasteiger partial charge on any atom is -0.507 e. The third kappa shape index (κ3) is 7.07. The maximum Gasteiger partial charge on any atom is 0.124 e. The Morgan fingerprint density at radius 3 is 2.23 bits per heavy atom. The van der Waals surface area contributed by atoms with E-state index in [9.17, 15) is 5.11 Å². The van der Waals surface area contributed by atoms with E-state index < -0.39 is 0 Å². The fraction of sp³-hybridized carbons (Fsp3) is 0.571. The van der Waals surface area contributed by atoms with Crippen LogP contribution in [0.3, 0.4) is 0 Å². The number of phenols is 1. The number of phenolic OH excluding ortho intramolecular Hbond substituents is 1. The van der Waals surface area contributed by atoms with Crippen LogP contribution in [0.2, 0.25) is 0 Å². The molecule has 0 saturated carbocycles. The topological polar surface area (TPSA) is 29.5 Å². The third-order valence-corrected chi connectivity index (χ3v) is 6.38. The highest BCUT2D eigenvalue weighted by Gasteiger charge is 2.32. The van der Waals surface area contributed by atoms with Crippen molar-refractivity contribution >= 4 is 0 Å². The first-order valence-corrected chi connectivity index (χ1v) is 11.6. The Bertz CT molecular complexity index is 822. The molecule has 0 spiro atoms. The highest BCUT2D eigenvalue weighted by molar-refractivity contribution is 5.53. The van der Waals surface area contributed by atoms with Gasteiger partial charge in [-0.15, -0.1) is 0 Å². The normalized spacial score (nSPS) is 19.3. The van der Waals surface area contributed by atoms with Gasteiger partial charge in [-0.05, 0) is 117 Å². The van der Waals surface area contributed by atoms with Gasteiger partial charge >= 0.3 is 0 Å². The van der Waals surface area contributed by atoms with Gasteiger partial charge in [-0.25, -0.2) is 0 Å². The molecule has 2 nitrogen and oxygen atoms in total. The van der Waals surface area contributed by atoms with Crippen molar-refractivity contribution in [2.24, 2.45) is 0 Å². The Morgan fingerprint density at radius 1 is 1.00 bits per heavy atom. The molecule has 0 fully saturated rings. The number of allylic oxidation sites excluding steroid dienone is 6. The van der Waals surface area contributed by atoms with Crippen molar-refractivity contribution in [2.75, 3.05) is 0 Å². The molecule has 1 heterocycles. The van der Waals surface area contributed by atoms with Gasteiger partial charge in [-0.1, -0.05) is 34.9 Å². The van der Waals surface area contributed by atoms with Crippen LogP contribution in [0.25, 0.3) is 0 Å². The number of aromatic hydroxyl groups is 1. The second-order valence-corrected chi connectivity index (χ2v) is 9.69. The van der Waals surface area contributed by atoms with Crippen LogP contribution >= 0.6 is 0 Å². The fourth-order valence-corrected chi connectivity index (χ4v) is 4.22. The first kappa shape index (κ1) is 24.3. The van der Waals surface area contributed by atoms with Crippen molar-refractivity contribution in [1.82, 2.24) is 0 Å². The van der Waals surface area contributed by atoms with Crippen LogP contribution in [0.5, 0.6) is 11.5 Å². The van der Waals surface area contributed by atoms with Crippen molar-refractivity contribution < 1.29 is 9.84 Å². The van der Waals surface area contributed by atoms with Crippen molar-refractivity contribution in [3.63, 3.8) is 0 Å². The average Bonchev–Trinajstić information content (AvgIpc) is 2.65. The summed E-state index contributed by atoms with van der Waals surface area (Å²) < 4.78 is 6.43. The lowest BCUT2D eigenvalue weighted by Crippen LogP contribution is -2.36. The zero-order valence-electron chi connectivity index (χ0n) is 20.3. The molecule has 1 N–H and O–H groups in total. The lowest BCUT2D eigenvalue weighted by Gasteiger charge is -2.37. The van der Waals surface area contributed by atoms with Gasteiger partial charge in [0.15, 0.2) is 0 Å².